The van der Waals surface area contributed by atoms with Crippen molar-refractivity contribution < 1.29 is 0 Å². The Hall–Kier alpha value is -1.78. The average molecular weight is 235 g/mol. The Kier molecular flexibility index (Phi) is 5.26. The molecule has 0 amide bonds. The second-order valence-corrected chi connectivity index (χ2v) is 4.04. The lowest BCUT2D eigenvalue weighted by Crippen LogP contribution is -2.32. The van der Waals surface area contributed by atoms with E-state index in [-0.39, 0.29) is 0 Å². The fourth-order valence-corrected chi connectivity index (χ4v) is 1.29. The van der Waals surface area contributed by atoms with Crippen LogP contribution in [0.25, 0.3) is 0 Å². The van der Waals surface area contributed by atoms with Gasteiger partial charge >= 0.3 is 0 Å². The molecule has 1 aromatic rings. The highest BCUT2D eigenvalue weighted by molar-refractivity contribution is 5.77. The van der Waals surface area contributed by atoms with Gasteiger partial charge in [-0.2, -0.15) is 0 Å². The summed E-state index contributed by atoms with van der Waals surface area (Å²) in [4.78, 5) is 10.5. The van der Waals surface area contributed by atoms with Gasteiger partial charge < -0.3 is 16.0 Å². The summed E-state index contributed by atoms with van der Waals surface area (Å²) >= 11 is 0. The van der Waals surface area contributed by atoms with Gasteiger partial charge in [0.25, 0.3) is 0 Å². The van der Waals surface area contributed by atoms with Gasteiger partial charge in [-0.15, -0.1) is 0 Å². The van der Waals surface area contributed by atoms with E-state index in [4.69, 9.17) is 5.73 Å². The minimum atomic E-state index is 0.495. The minimum Gasteiger partial charge on any atom is -0.370 e. The molecule has 3 N–H and O–H groups in total. The SMILES string of the molecule is CCCNC(N)=NCc1ccnc(N(C)C)c1. The summed E-state index contributed by atoms with van der Waals surface area (Å²) in [6.07, 6.45) is 2.83. The quantitative estimate of drug-likeness (QED) is 0.589. The number of nitrogens with one attached hydrogen (secondary N) is 1. The Morgan fingerprint density at radius 3 is 2.94 bits per heavy atom. The van der Waals surface area contributed by atoms with E-state index in [0.29, 0.717) is 12.5 Å². The number of aromatic nitrogens is 1. The zero-order valence-electron chi connectivity index (χ0n) is 10.8. The summed E-state index contributed by atoms with van der Waals surface area (Å²) in [5.41, 5.74) is 6.82. The first-order valence-corrected chi connectivity index (χ1v) is 5.79. The largest absolute Gasteiger partial charge is 0.370 e. The molecule has 0 bridgehead atoms. The van der Waals surface area contributed by atoms with Gasteiger partial charge in [-0.05, 0) is 24.1 Å². The number of nitrogens with zero attached hydrogens (tertiary/aromatic N) is 3. The smallest absolute Gasteiger partial charge is 0.188 e. The molecule has 0 aromatic carbocycles. The Morgan fingerprint density at radius 2 is 2.29 bits per heavy atom. The molecule has 17 heavy (non-hydrogen) atoms. The molecule has 5 nitrogen and oxygen atoms in total. The number of nitrogens with two attached hydrogens (primary N) is 1. The Labute approximate surface area is 103 Å². The fourth-order valence-electron chi connectivity index (χ4n) is 1.29. The molecular formula is C12H21N5. The third-order valence-electron chi connectivity index (χ3n) is 2.26. The lowest BCUT2D eigenvalue weighted by atomic mass is 10.2. The van der Waals surface area contributed by atoms with E-state index in [1.54, 1.807) is 6.20 Å². The normalized spacial score (nSPS) is 11.4. The maximum Gasteiger partial charge on any atom is 0.188 e. The van der Waals surface area contributed by atoms with Crippen LogP contribution in [0.5, 0.6) is 0 Å². The lowest BCUT2D eigenvalue weighted by Gasteiger charge is -2.11. The summed E-state index contributed by atoms with van der Waals surface area (Å²) in [6, 6.07) is 3.96. The van der Waals surface area contributed by atoms with Gasteiger partial charge in [0.1, 0.15) is 5.82 Å². The minimum absolute atomic E-state index is 0.495. The molecule has 1 aromatic heterocycles. The van der Waals surface area contributed by atoms with Crippen molar-refractivity contribution in [2.75, 3.05) is 25.5 Å². The predicted molar refractivity (Wildman–Crippen MR) is 72.2 cm³/mol. The molecule has 0 fully saturated rings. The van der Waals surface area contributed by atoms with Crippen molar-refractivity contribution in [1.29, 1.82) is 0 Å². The first-order valence-electron chi connectivity index (χ1n) is 5.79. The molecule has 0 saturated heterocycles. The summed E-state index contributed by atoms with van der Waals surface area (Å²) in [6.45, 7) is 3.52. The molecule has 94 valence electrons. The molecule has 0 unspecified atom stereocenters. The fraction of sp³-hybridized carbons (Fsp3) is 0.500. The molecule has 5 heteroatoms. The topological polar surface area (TPSA) is 66.5 Å². The van der Waals surface area contributed by atoms with Crippen LogP contribution in [-0.2, 0) is 6.54 Å². The van der Waals surface area contributed by atoms with E-state index >= 15 is 0 Å². The van der Waals surface area contributed by atoms with Gasteiger partial charge in [0.15, 0.2) is 5.96 Å². The number of aliphatic imine (C=N–C) groups is 1. The zero-order chi connectivity index (χ0) is 12.7. The summed E-state index contributed by atoms with van der Waals surface area (Å²) in [5.74, 6) is 1.42. The van der Waals surface area contributed by atoms with Crippen LogP contribution in [0.2, 0.25) is 0 Å². The van der Waals surface area contributed by atoms with Crippen LogP contribution in [0.4, 0.5) is 5.82 Å². The Bertz CT molecular complexity index is 373. The monoisotopic (exact) mass is 235 g/mol. The second-order valence-electron chi connectivity index (χ2n) is 4.04. The molecule has 0 aliphatic carbocycles. The first kappa shape index (κ1) is 13.3. The Morgan fingerprint density at radius 1 is 1.53 bits per heavy atom. The van der Waals surface area contributed by atoms with Crippen LogP contribution in [0.15, 0.2) is 23.3 Å². The maximum atomic E-state index is 5.72. The number of rotatable bonds is 5. The number of hydrogen-bond donors (Lipinski definition) is 2. The van der Waals surface area contributed by atoms with Gasteiger partial charge in [-0.25, -0.2) is 9.98 Å². The van der Waals surface area contributed by atoms with Gasteiger partial charge in [-0.3, -0.25) is 0 Å². The van der Waals surface area contributed by atoms with Crippen LogP contribution >= 0.6 is 0 Å². The molecular weight excluding hydrogens is 214 g/mol. The number of anilines is 1. The molecule has 1 heterocycles. The standard InChI is InChI=1S/C12H21N5/c1-4-6-15-12(13)16-9-10-5-7-14-11(8-10)17(2)3/h5,7-8H,4,6,9H2,1-3H3,(H3,13,15,16). The van der Waals surface area contributed by atoms with Crippen molar-refractivity contribution in [1.82, 2.24) is 10.3 Å². The zero-order valence-corrected chi connectivity index (χ0v) is 10.8. The maximum absolute atomic E-state index is 5.72. The predicted octanol–water partition coefficient (Wildman–Crippen LogP) is 0.962. The third kappa shape index (κ3) is 4.72. The second kappa shape index (κ2) is 6.73. The van der Waals surface area contributed by atoms with Crippen molar-refractivity contribution >= 4 is 11.8 Å². The molecule has 0 spiro atoms. The van der Waals surface area contributed by atoms with Crippen molar-refractivity contribution in [3.05, 3.63) is 23.9 Å². The summed E-state index contributed by atoms with van der Waals surface area (Å²) < 4.78 is 0. The van der Waals surface area contributed by atoms with Crippen molar-refractivity contribution in [2.24, 2.45) is 10.7 Å². The summed E-state index contributed by atoms with van der Waals surface area (Å²) in [5, 5.41) is 3.04. The van der Waals surface area contributed by atoms with Crippen molar-refractivity contribution in [3.63, 3.8) is 0 Å². The van der Waals surface area contributed by atoms with Gasteiger partial charge in [0, 0.05) is 26.8 Å². The van der Waals surface area contributed by atoms with Crippen LogP contribution in [0.3, 0.4) is 0 Å². The van der Waals surface area contributed by atoms with E-state index in [1.165, 1.54) is 0 Å². The Balaban J connectivity index is 2.59. The number of hydrogen-bond acceptors (Lipinski definition) is 3. The van der Waals surface area contributed by atoms with Crippen molar-refractivity contribution in [2.45, 2.75) is 19.9 Å². The molecule has 0 aliphatic heterocycles. The molecule has 0 saturated carbocycles. The van der Waals surface area contributed by atoms with Gasteiger partial charge in [-0.1, -0.05) is 6.92 Å². The number of pyridine rings is 1. The highest BCUT2D eigenvalue weighted by Crippen LogP contribution is 2.10. The van der Waals surface area contributed by atoms with E-state index < -0.39 is 0 Å². The molecule has 0 atom stereocenters. The molecule has 1 rings (SSSR count). The van der Waals surface area contributed by atoms with Crippen LogP contribution < -0.4 is 16.0 Å². The summed E-state index contributed by atoms with van der Waals surface area (Å²) in [7, 11) is 3.93. The van der Waals surface area contributed by atoms with Crippen LogP contribution in [0, 0.1) is 0 Å². The van der Waals surface area contributed by atoms with E-state index in [2.05, 4.69) is 22.2 Å². The van der Waals surface area contributed by atoms with E-state index in [1.807, 2.05) is 31.1 Å². The van der Waals surface area contributed by atoms with Gasteiger partial charge in [0.05, 0.1) is 6.54 Å². The third-order valence-corrected chi connectivity index (χ3v) is 2.26. The number of guanidine groups is 1. The highest BCUT2D eigenvalue weighted by Gasteiger charge is 1.98. The molecule has 0 radical (unpaired) electrons. The van der Waals surface area contributed by atoms with Crippen LogP contribution in [0.1, 0.15) is 18.9 Å². The first-order chi connectivity index (χ1) is 8.13. The van der Waals surface area contributed by atoms with Crippen LogP contribution in [-0.4, -0.2) is 31.6 Å². The van der Waals surface area contributed by atoms with E-state index in [0.717, 1.165) is 24.3 Å². The highest BCUT2D eigenvalue weighted by atomic mass is 15.1. The molecule has 0 aliphatic rings. The lowest BCUT2D eigenvalue weighted by molar-refractivity contribution is 0.825. The van der Waals surface area contributed by atoms with Gasteiger partial charge in [0.2, 0.25) is 0 Å². The average Bonchev–Trinajstić information content (AvgIpc) is 2.34. The van der Waals surface area contributed by atoms with Crippen molar-refractivity contribution in [3.8, 4) is 0 Å². The van der Waals surface area contributed by atoms with E-state index in [9.17, 15) is 0 Å².